The van der Waals surface area contributed by atoms with Crippen LogP contribution in [-0.4, -0.2) is 18.0 Å². The fraction of sp³-hybridized carbons (Fsp3) is 0.143. The van der Waals surface area contributed by atoms with Gasteiger partial charge in [0.1, 0.15) is 6.61 Å². The number of benzene rings is 2. The SMILES string of the molecule is COc1cc(CNC(=O)c2cccc(Br)c2)ccc1OCc1ccncc1. The van der Waals surface area contributed by atoms with E-state index in [2.05, 4.69) is 26.2 Å². The zero-order valence-electron chi connectivity index (χ0n) is 14.8. The summed E-state index contributed by atoms with van der Waals surface area (Å²) in [4.78, 5) is 16.2. The third kappa shape index (κ3) is 5.31. The zero-order valence-corrected chi connectivity index (χ0v) is 16.4. The lowest BCUT2D eigenvalue weighted by molar-refractivity contribution is 0.0951. The minimum atomic E-state index is -0.131. The number of carbonyl (C=O) groups excluding carboxylic acids is 1. The molecule has 0 fully saturated rings. The number of aromatic nitrogens is 1. The van der Waals surface area contributed by atoms with E-state index < -0.39 is 0 Å². The van der Waals surface area contributed by atoms with Crippen molar-refractivity contribution < 1.29 is 14.3 Å². The van der Waals surface area contributed by atoms with Gasteiger partial charge in [-0.25, -0.2) is 0 Å². The molecule has 2 aromatic carbocycles. The van der Waals surface area contributed by atoms with Crippen LogP contribution >= 0.6 is 15.9 Å². The summed E-state index contributed by atoms with van der Waals surface area (Å²) in [5, 5.41) is 2.91. The van der Waals surface area contributed by atoms with Gasteiger partial charge < -0.3 is 14.8 Å². The quantitative estimate of drug-likeness (QED) is 0.609. The number of nitrogens with one attached hydrogen (secondary N) is 1. The number of hydrogen-bond donors (Lipinski definition) is 1. The summed E-state index contributed by atoms with van der Waals surface area (Å²) < 4.78 is 12.1. The van der Waals surface area contributed by atoms with E-state index >= 15 is 0 Å². The Morgan fingerprint density at radius 3 is 2.59 bits per heavy atom. The molecule has 27 heavy (non-hydrogen) atoms. The Morgan fingerprint density at radius 2 is 1.85 bits per heavy atom. The molecular weight excluding hydrogens is 408 g/mol. The minimum absolute atomic E-state index is 0.131. The molecule has 0 bridgehead atoms. The lowest BCUT2D eigenvalue weighted by atomic mass is 10.1. The maximum absolute atomic E-state index is 12.3. The topological polar surface area (TPSA) is 60.5 Å². The average molecular weight is 427 g/mol. The molecule has 0 unspecified atom stereocenters. The van der Waals surface area contributed by atoms with Crippen molar-refractivity contribution in [3.63, 3.8) is 0 Å². The summed E-state index contributed by atoms with van der Waals surface area (Å²) >= 11 is 3.37. The molecule has 0 aliphatic carbocycles. The summed E-state index contributed by atoms with van der Waals surface area (Å²) in [7, 11) is 1.60. The van der Waals surface area contributed by atoms with Gasteiger partial charge in [0.25, 0.3) is 5.91 Å². The molecule has 0 saturated carbocycles. The van der Waals surface area contributed by atoms with Crippen LogP contribution in [0.1, 0.15) is 21.5 Å². The predicted molar refractivity (Wildman–Crippen MR) is 107 cm³/mol. The van der Waals surface area contributed by atoms with Crippen LogP contribution in [0.25, 0.3) is 0 Å². The molecule has 1 heterocycles. The number of methoxy groups -OCH3 is 1. The molecule has 138 valence electrons. The second-order valence-electron chi connectivity index (χ2n) is 5.82. The molecule has 0 radical (unpaired) electrons. The van der Waals surface area contributed by atoms with E-state index in [9.17, 15) is 4.79 Å². The van der Waals surface area contributed by atoms with Crippen LogP contribution in [0, 0.1) is 0 Å². The van der Waals surface area contributed by atoms with Gasteiger partial charge >= 0.3 is 0 Å². The molecule has 0 spiro atoms. The van der Waals surface area contributed by atoms with Gasteiger partial charge in [-0.1, -0.05) is 28.1 Å². The highest BCUT2D eigenvalue weighted by Gasteiger charge is 2.09. The lowest BCUT2D eigenvalue weighted by Gasteiger charge is -2.13. The summed E-state index contributed by atoms with van der Waals surface area (Å²) in [5.41, 5.74) is 2.55. The molecule has 1 aromatic heterocycles. The number of halogens is 1. The molecule has 0 aliphatic heterocycles. The smallest absolute Gasteiger partial charge is 0.251 e. The third-order valence-corrected chi connectivity index (χ3v) is 4.40. The van der Waals surface area contributed by atoms with E-state index in [-0.39, 0.29) is 5.91 Å². The van der Waals surface area contributed by atoms with Crippen LogP contribution < -0.4 is 14.8 Å². The van der Waals surface area contributed by atoms with E-state index in [4.69, 9.17) is 9.47 Å². The summed E-state index contributed by atoms with van der Waals surface area (Å²) in [5.74, 6) is 1.14. The molecule has 5 nitrogen and oxygen atoms in total. The second-order valence-corrected chi connectivity index (χ2v) is 6.74. The highest BCUT2D eigenvalue weighted by atomic mass is 79.9. The van der Waals surface area contributed by atoms with Crippen molar-refractivity contribution in [2.24, 2.45) is 0 Å². The predicted octanol–water partition coefficient (Wildman–Crippen LogP) is 4.36. The first-order valence-corrected chi connectivity index (χ1v) is 9.17. The van der Waals surface area contributed by atoms with Crippen molar-refractivity contribution in [2.75, 3.05) is 7.11 Å². The Hall–Kier alpha value is -2.86. The number of rotatable bonds is 7. The van der Waals surface area contributed by atoms with Gasteiger partial charge in [0.2, 0.25) is 0 Å². The molecule has 0 aliphatic rings. The first-order valence-electron chi connectivity index (χ1n) is 8.38. The summed E-state index contributed by atoms with van der Waals surface area (Å²) in [6, 6.07) is 16.7. The Kier molecular flexibility index (Phi) is 6.44. The van der Waals surface area contributed by atoms with Gasteiger partial charge in [-0.3, -0.25) is 9.78 Å². The average Bonchev–Trinajstić information content (AvgIpc) is 2.71. The minimum Gasteiger partial charge on any atom is -0.493 e. The van der Waals surface area contributed by atoms with Crippen LogP contribution in [0.2, 0.25) is 0 Å². The van der Waals surface area contributed by atoms with E-state index in [1.807, 2.05) is 42.5 Å². The van der Waals surface area contributed by atoms with E-state index in [0.29, 0.717) is 30.2 Å². The number of hydrogen-bond acceptors (Lipinski definition) is 4. The Labute approximate surface area is 166 Å². The molecule has 6 heteroatoms. The lowest BCUT2D eigenvalue weighted by Crippen LogP contribution is -2.22. The van der Waals surface area contributed by atoms with Crippen molar-refractivity contribution in [3.8, 4) is 11.5 Å². The van der Waals surface area contributed by atoms with Crippen LogP contribution in [0.5, 0.6) is 11.5 Å². The van der Waals surface area contributed by atoms with Crippen molar-refractivity contribution in [1.29, 1.82) is 0 Å². The number of amides is 1. The fourth-order valence-corrected chi connectivity index (χ4v) is 2.89. The summed E-state index contributed by atoms with van der Waals surface area (Å²) in [6.45, 7) is 0.824. The van der Waals surface area contributed by atoms with Crippen molar-refractivity contribution >= 4 is 21.8 Å². The van der Waals surface area contributed by atoms with Gasteiger partial charge in [-0.15, -0.1) is 0 Å². The van der Waals surface area contributed by atoms with Crippen molar-refractivity contribution in [3.05, 3.63) is 88.2 Å². The molecule has 0 atom stereocenters. The van der Waals surface area contributed by atoms with E-state index in [0.717, 1.165) is 15.6 Å². The van der Waals surface area contributed by atoms with Crippen molar-refractivity contribution in [1.82, 2.24) is 10.3 Å². The van der Waals surface area contributed by atoms with Gasteiger partial charge in [-0.2, -0.15) is 0 Å². The Balaban J connectivity index is 1.62. The largest absolute Gasteiger partial charge is 0.493 e. The zero-order chi connectivity index (χ0) is 19.1. The third-order valence-electron chi connectivity index (χ3n) is 3.91. The number of ether oxygens (including phenoxy) is 2. The fourth-order valence-electron chi connectivity index (χ4n) is 2.50. The highest BCUT2D eigenvalue weighted by Crippen LogP contribution is 2.28. The summed E-state index contributed by atoms with van der Waals surface area (Å²) in [6.07, 6.45) is 3.46. The first kappa shape index (κ1) is 18.9. The van der Waals surface area contributed by atoms with Crippen LogP contribution in [0.15, 0.2) is 71.5 Å². The standard InChI is InChI=1S/C21H19BrN2O3/c1-26-20-11-16(13-24-21(25)17-3-2-4-18(22)12-17)5-6-19(20)27-14-15-7-9-23-10-8-15/h2-12H,13-14H2,1H3,(H,24,25). The maximum Gasteiger partial charge on any atom is 0.251 e. The highest BCUT2D eigenvalue weighted by molar-refractivity contribution is 9.10. The number of pyridine rings is 1. The van der Waals surface area contributed by atoms with Crippen molar-refractivity contribution in [2.45, 2.75) is 13.2 Å². The van der Waals surface area contributed by atoms with Gasteiger partial charge in [0.05, 0.1) is 7.11 Å². The molecule has 1 amide bonds. The molecule has 0 saturated heterocycles. The van der Waals surface area contributed by atoms with Gasteiger partial charge in [0.15, 0.2) is 11.5 Å². The van der Waals surface area contributed by atoms with Gasteiger partial charge in [-0.05, 0) is 53.6 Å². The van der Waals surface area contributed by atoms with Crippen LogP contribution in [0.4, 0.5) is 0 Å². The normalized spacial score (nSPS) is 10.3. The molecule has 3 aromatic rings. The number of nitrogens with zero attached hydrogens (tertiary/aromatic N) is 1. The molecule has 1 N–H and O–H groups in total. The van der Waals surface area contributed by atoms with Gasteiger partial charge in [0, 0.05) is 29.0 Å². The Bertz CT molecular complexity index is 916. The number of carbonyl (C=O) groups is 1. The molecule has 3 rings (SSSR count). The van der Waals surface area contributed by atoms with E-state index in [1.54, 1.807) is 31.6 Å². The maximum atomic E-state index is 12.3. The monoisotopic (exact) mass is 426 g/mol. The second kappa shape index (κ2) is 9.19. The van der Waals surface area contributed by atoms with Crippen LogP contribution in [-0.2, 0) is 13.2 Å². The van der Waals surface area contributed by atoms with E-state index in [1.165, 1.54) is 0 Å². The van der Waals surface area contributed by atoms with Crippen LogP contribution in [0.3, 0.4) is 0 Å². The first-order chi connectivity index (χ1) is 13.2. The Morgan fingerprint density at radius 1 is 1.04 bits per heavy atom. The molecular formula is C21H19BrN2O3.